The second-order valence-corrected chi connectivity index (χ2v) is 10.4. The average molecular weight is 452 g/mol. The van der Waals surface area contributed by atoms with E-state index in [4.69, 9.17) is 0 Å². The van der Waals surface area contributed by atoms with Gasteiger partial charge < -0.3 is 10.2 Å². The molecule has 2 heterocycles. The number of benzene rings is 1. The molecule has 1 aliphatic heterocycles. The highest BCUT2D eigenvalue weighted by Gasteiger charge is 2.42. The highest BCUT2D eigenvalue weighted by Crippen LogP contribution is 2.56. The Hall–Kier alpha value is -2.19. The molecule has 2 atom stereocenters. The molecule has 1 N–H and O–H groups in total. The Labute approximate surface area is 181 Å². The van der Waals surface area contributed by atoms with Gasteiger partial charge in [-0.15, -0.1) is 12.4 Å². The van der Waals surface area contributed by atoms with E-state index in [0.717, 1.165) is 30.4 Å². The Morgan fingerprint density at radius 2 is 1.83 bits per heavy atom. The van der Waals surface area contributed by atoms with E-state index in [0.29, 0.717) is 28.9 Å². The van der Waals surface area contributed by atoms with E-state index < -0.39 is 9.84 Å². The molecule has 2 aliphatic carbocycles. The van der Waals surface area contributed by atoms with E-state index in [2.05, 4.69) is 10.3 Å². The maximum atomic E-state index is 13.6. The first kappa shape index (κ1) is 21.1. The number of hydrogen-bond donors (Lipinski definition) is 1. The second kappa shape index (κ2) is 7.81. The molecule has 1 aromatic heterocycles. The van der Waals surface area contributed by atoms with Gasteiger partial charge in [-0.25, -0.2) is 17.8 Å². The minimum atomic E-state index is -3.05. The lowest BCUT2D eigenvalue weighted by atomic mass is 9.88. The minimum absolute atomic E-state index is 0. The summed E-state index contributed by atoms with van der Waals surface area (Å²) in [5.74, 6) is 0.954. The average Bonchev–Trinajstić information content (AvgIpc) is 3.30. The number of halogens is 2. The third-order valence-electron chi connectivity index (χ3n) is 6.36. The molecular formula is C21H23ClFN3O3S. The number of aromatic nitrogens is 1. The van der Waals surface area contributed by atoms with E-state index in [-0.39, 0.29) is 48.7 Å². The summed E-state index contributed by atoms with van der Waals surface area (Å²) in [5, 5.41) is 3.23. The number of anilines is 2. The predicted octanol–water partition coefficient (Wildman–Crippen LogP) is 3.62. The zero-order valence-electron chi connectivity index (χ0n) is 16.3. The van der Waals surface area contributed by atoms with E-state index in [9.17, 15) is 17.6 Å². The van der Waals surface area contributed by atoms with E-state index in [1.54, 1.807) is 23.2 Å². The van der Waals surface area contributed by atoms with Crippen molar-refractivity contribution in [1.82, 2.24) is 9.88 Å². The first-order valence-electron chi connectivity index (χ1n) is 9.96. The number of sulfone groups is 1. The van der Waals surface area contributed by atoms with Gasteiger partial charge in [-0.05, 0) is 54.9 Å². The van der Waals surface area contributed by atoms with Crippen molar-refractivity contribution in [2.75, 3.05) is 29.9 Å². The van der Waals surface area contributed by atoms with Crippen LogP contribution in [-0.4, -0.2) is 48.8 Å². The Balaban J connectivity index is 0.00000218. The summed E-state index contributed by atoms with van der Waals surface area (Å²) >= 11 is 0. The van der Waals surface area contributed by atoms with Crippen molar-refractivity contribution in [3.8, 4) is 0 Å². The molecule has 160 valence electrons. The zero-order valence-corrected chi connectivity index (χ0v) is 17.9. The second-order valence-electron chi connectivity index (χ2n) is 8.13. The van der Waals surface area contributed by atoms with Crippen molar-refractivity contribution in [3.05, 3.63) is 53.0 Å². The maximum Gasteiger partial charge on any atom is 0.255 e. The molecule has 3 aliphatic rings. The summed E-state index contributed by atoms with van der Waals surface area (Å²) < 4.78 is 37.0. The largest absolute Gasteiger partial charge is 0.340 e. The number of fused-ring (bicyclic) bond motifs is 5. The van der Waals surface area contributed by atoms with Gasteiger partial charge >= 0.3 is 0 Å². The van der Waals surface area contributed by atoms with Crippen LogP contribution in [-0.2, 0) is 9.84 Å². The summed E-state index contributed by atoms with van der Waals surface area (Å²) in [5.41, 5.74) is 3.34. The van der Waals surface area contributed by atoms with Gasteiger partial charge in [-0.2, -0.15) is 0 Å². The number of carbonyl (C=O) groups excluding carboxylic acids is 1. The van der Waals surface area contributed by atoms with E-state index >= 15 is 0 Å². The van der Waals surface area contributed by atoms with Gasteiger partial charge in [0.25, 0.3) is 5.91 Å². The van der Waals surface area contributed by atoms with Crippen molar-refractivity contribution in [3.63, 3.8) is 0 Å². The lowest BCUT2D eigenvalue weighted by molar-refractivity contribution is 0.0768. The summed E-state index contributed by atoms with van der Waals surface area (Å²) in [6, 6.07) is 6.25. The third-order valence-corrected chi connectivity index (χ3v) is 7.97. The molecular weight excluding hydrogens is 429 g/mol. The number of rotatable bonds is 3. The maximum absolute atomic E-state index is 13.6. The van der Waals surface area contributed by atoms with E-state index in [1.165, 1.54) is 12.1 Å². The molecule has 1 saturated heterocycles. The normalized spacial score (nSPS) is 23.6. The Morgan fingerprint density at radius 1 is 1.13 bits per heavy atom. The van der Waals surface area contributed by atoms with Crippen molar-refractivity contribution >= 4 is 39.7 Å². The Bertz CT molecular complexity index is 1090. The molecule has 2 bridgehead atoms. The summed E-state index contributed by atoms with van der Waals surface area (Å²) in [6.45, 7) is 0.459. The molecule has 1 amide bonds. The monoisotopic (exact) mass is 451 g/mol. The Kier molecular flexibility index (Phi) is 5.48. The van der Waals surface area contributed by atoms with Crippen LogP contribution in [0.1, 0.15) is 52.6 Å². The fraction of sp³-hybridized carbons (Fsp3) is 0.429. The number of nitrogens with zero attached hydrogens (tertiary/aromatic N) is 2. The summed E-state index contributed by atoms with van der Waals surface area (Å²) in [4.78, 5) is 19.4. The van der Waals surface area contributed by atoms with Crippen LogP contribution in [0.5, 0.6) is 0 Å². The van der Waals surface area contributed by atoms with Crippen LogP contribution >= 0.6 is 12.4 Å². The molecule has 6 nitrogen and oxygen atoms in total. The fourth-order valence-electron chi connectivity index (χ4n) is 4.96. The quantitative estimate of drug-likeness (QED) is 0.771. The van der Waals surface area contributed by atoms with Gasteiger partial charge in [0.15, 0.2) is 9.84 Å². The SMILES string of the molecule is Cl.O=C(c1cnc(Nc2cccc(F)c2)c2c1C1CCC2C1)N1CCS(=O)(=O)CC1. The van der Waals surface area contributed by atoms with Crippen LogP contribution in [0.15, 0.2) is 30.5 Å². The Morgan fingerprint density at radius 3 is 2.53 bits per heavy atom. The number of nitrogens with one attached hydrogen (secondary N) is 1. The van der Waals surface area contributed by atoms with Gasteiger partial charge in [0.2, 0.25) is 0 Å². The molecule has 0 radical (unpaired) electrons. The molecule has 1 saturated carbocycles. The van der Waals surface area contributed by atoms with E-state index in [1.807, 2.05) is 0 Å². The first-order valence-corrected chi connectivity index (χ1v) is 11.8. The van der Waals surface area contributed by atoms with Crippen LogP contribution in [0.25, 0.3) is 0 Å². The lowest BCUT2D eigenvalue weighted by Crippen LogP contribution is -2.44. The smallest absolute Gasteiger partial charge is 0.255 e. The number of pyridine rings is 1. The van der Waals surface area contributed by atoms with Gasteiger partial charge in [0.1, 0.15) is 11.6 Å². The topological polar surface area (TPSA) is 79.4 Å². The third kappa shape index (κ3) is 3.67. The lowest BCUT2D eigenvalue weighted by Gasteiger charge is -2.29. The van der Waals surface area contributed by atoms with Crippen molar-refractivity contribution in [2.24, 2.45) is 0 Å². The van der Waals surface area contributed by atoms with Crippen LogP contribution in [0.2, 0.25) is 0 Å². The van der Waals surface area contributed by atoms with Gasteiger partial charge in [0, 0.05) is 30.5 Å². The molecule has 2 fully saturated rings. The molecule has 9 heteroatoms. The molecule has 30 heavy (non-hydrogen) atoms. The standard InChI is InChI=1S/C21H22FN3O3S.ClH/c22-15-2-1-3-16(11-15)24-20-19-14-5-4-13(10-14)18(19)17(12-23-20)21(26)25-6-8-29(27,28)9-7-25;/h1-3,11-14H,4-10H2,(H,23,24);1H. The van der Waals surface area contributed by atoms with Crippen LogP contribution in [0.3, 0.4) is 0 Å². The predicted molar refractivity (Wildman–Crippen MR) is 115 cm³/mol. The van der Waals surface area contributed by atoms with Gasteiger partial charge in [-0.3, -0.25) is 4.79 Å². The fourth-order valence-corrected chi connectivity index (χ4v) is 6.16. The van der Waals surface area contributed by atoms with Crippen LogP contribution in [0, 0.1) is 5.82 Å². The number of hydrogen-bond acceptors (Lipinski definition) is 5. The summed E-state index contributed by atoms with van der Waals surface area (Å²) in [6.07, 6.45) is 4.73. The highest BCUT2D eigenvalue weighted by atomic mass is 35.5. The van der Waals surface area contributed by atoms with Crippen molar-refractivity contribution < 1.29 is 17.6 Å². The van der Waals surface area contributed by atoms with Crippen molar-refractivity contribution in [2.45, 2.75) is 31.1 Å². The number of carbonyl (C=O) groups is 1. The van der Waals surface area contributed by atoms with Crippen LogP contribution < -0.4 is 5.32 Å². The first-order chi connectivity index (χ1) is 13.9. The summed E-state index contributed by atoms with van der Waals surface area (Å²) in [7, 11) is -3.05. The number of amides is 1. The molecule has 0 spiro atoms. The van der Waals surface area contributed by atoms with Gasteiger partial charge in [-0.1, -0.05) is 6.07 Å². The van der Waals surface area contributed by atoms with Crippen LogP contribution in [0.4, 0.5) is 15.9 Å². The highest BCUT2D eigenvalue weighted by molar-refractivity contribution is 7.91. The molecule has 2 unspecified atom stereocenters. The van der Waals surface area contributed by atoms with Gasteiger partial charge in [0.05, 0.1) is 17.1 Å². The van der Waals surface area contributed by atoms with Crippen molar-refractivity contribution in [1.29, 1.82) is 0 Å². The zero-order chi connectivity index (χ0) is 20.2. The molecule has 2 aromatic rings. The minimum Gasteiger partial charge on any atom is -0.340 e. The molecule has 5 rings (SSSR count). The molecule has 1 aromatic carbocycles.